The van der Waals surface area contributed by atoms with Gasteiger partial charge in [0.2, 0.25) is 23.6 Å². The summed E-state index contributed by atoms with van der Waals surface area (Å²) in [6, 6.07) is -3.39. The molecular formula is C23H40N8O8. The quantitative estimate of drug-likeness (QED) is 0.0773. The fourth-order valence-corrected chi connectivity index (χ4v) is 4.31. The van der Waals surface area contributed by atoms with Crippen LogP contribution in [0.4, 0.5) is 0 Å². The summed E-state index contributed by atoms with van der Waals surface area (Å²) in [5.74, 6) is -3.93. The number of nitrogens with one attached hydrogen (secondary N) is 2. The van der Waals surface area contributed by atoms with Crippen molar-refractivity contribution in [1.29, 1.82) is 0 Å². The number of aliphatic imine (C=N–C) groups is 1. The summed E-state index contributed by atoms with van der Waals surface area (Å²) in [5, 5.41) is 21.9. The fraction of sp³-hybridized carbons (Fsp3) is 0.696. The number of carbonyl (C=O) groups is 6. The number of rotatable bonds is 11. The number of nitrogens with zero attached hydrogens (tertiary/aromatic N) is 3. The van der Waals surface area contributed by atoms with E-state index >= 15 is 0 Å². The summed E-state index contributed by atoms with van der Waals surface area (Å²) in [5.41, 5.74) is 16.1. The molecule has 0 saturated carbocycles. The second-order valence-electron chi connectivity index (χ2n) is 9.31. The van der Waals surface area contributed by atoms with E-state index in [0.29, 0.717) is 45.2 Å². The summed E-state index contributed by atoms with van der Waals surface area (Å²) in [7, 11) is 0. The number of guanidine groups is 1. The van der Waals surface area contributed by atoms with Crippen molar-refractivity contribution in [2.75, 3.05) is 26.2 Å². The lowest BCUT2D eigenvalue weighted by molar-refractivity contribution is -0.144. The lowest BCUT2D eigenvalue weighted by atomic mass is 10.1. The molecule has 0 aliphatic carbocycles. The molecule has 2 fully saturated rings. The molecule has 2 aliphatic rings. The highest BCUT2D eigenvalue weighted by molar-refractivity contribution is 5.94. The summed E-state index contributed by atoms with van der Waals surface area (Å²) >= 11 is 0. The van der Waals surface area contributed by atoms with Gasteiger partial charge in [0.15, 0.2) is 5.96 Å². The maximum absolute atomic E-state index is 12.8. The molecule has 2 saturated heterocycles. The van der Waals surface area contributed by atoms with Gasteiger partial charge in [0.05, 0.1) is 12.6 Å². The van der Waals surface area contributed by atoms with Gasteiger partial charge < -0.3 is 47.8 Å². The summed E-state index contributed by atoms with van der Waals surface area (Å²) in [4.78, 5) is 77.5. The molecule has 0 spiro atoms. The zero-order valence-electron chi connectivity index (χ0n) is 22.3. The van der Waals surface area contributed by atoms with E-state index < -0.39 is 53.8 Å². The minimum Gasteiger partial charge on any atom is -0.481 e. The molecule has 0 aromatic rings. The van der Waals surface area contributed by atoms with Crippen LogP contribution in [0.3, 0.4) is 0 Å². The number of likely N-dealkylation sites (tertiary alicyclic amines) is 2. The van der Waals surface area contributed by atoms with Crippen LogP contribution < -0.4 is 27.8 Å². The number of carbonyl (C=O) groups excluding carboxylic acids is 4. The molecule has 16 nitrogen and oxygen atoms in total. The molecule has 39 heavy (non-hydrogen) atoms. The molecule has 0 aromatic carbocycles. The van der Waals surface area contributed by atoms with Crippen molar-refractivity contribution >= 4 is 41.5 Å². The normalized spacial score (nSPS) is 19.7. The lowest BCUT2D eigenvalue weighted by Crippen LogP contribution is -2.54. The monoisotopic (exact) mass is 556 g/mol. The van der Waals surface area contributed by atoms with Gasteiger partial charge in [-0.15, -0.1) is 0 Å². The first-order chi connectivity index (χ1) is 18.3. The largest absolute Gasteiger partial charge is 0.481 e. The van der Waals surface area contributed by atoms with Crippen molar-refractivity contribution in [1.82, 2.24) is 20.4 Å². The SMILES string of the molecule is CC(=O)O.CC(N)C(=O)N1CCCC1C(=O)NCC(=O)N1CCCC1C(=O)NC(CCCN=C(N)N)C(=O)O. The Labute approximate surface area is 226 Å². The number of carboxylic acid groups (broad SMARTS) is 2. The molecule has 4 amide bonds. The molecule has 2 aliphatic heterocycles. The number of amides is 4. The molecule has 0 radical (unpaired) electrons. The van der Waals surface area contributed by atoms with Crippen LogP contribution in [0.1, 0.15) is 52.4 Å². The van der Waals surface area contributed by atoms with Crippen molar-refractivity contribution in [2.24, 2.45) is 22.2 Å². The molecule has 16 heteroatoms. The van der Waals surface area contributed by atoms with Gasteiger partial charge in [0.25, 0.3) is 5.97 Å². The summed E-state index contributed by atoms with van der Waals surface area (Å²) in [6.07, 6.45) is 2.55. The highest BCUT2D eigenvalue weighted by Crippen LogP contribution is 2.20. The van der Waals surface area contributed by atoms with Gasteiger partial charge in [-0.05, 0) is 45.4 Å². The van der Waals surface area contributed by atoms with E-state index in [9.17, 15) is 29.1 Å². The van der Waals surface area contributed by atoms with E-state index in [1.54, 1.807) is 6.92 Å². The first-order valence-corrected chi connectivity index (χ1v) is 12.7. The summed E-state index contributed by atoms with van der Waals surface area (Å²) < 4.78 is 0. The molecule has 0 bridgehead atoms. The average Bonchev–Trinajstić information content (AvgIpc) is 3.53. The standard InChI is InChI=1S/C21H36N8O6.C2H4O2/c1-12(22)19(33)29-10-4-6-14(29)17(31)26-11-16(30)28-9-3-7-15(28)18(32)27-13(20(34)35)5-2-8-25-21(23)24;1-2(3)4/h12-15H,2-11,22H2,1H3,(H,26,31)(H,27,32)(H,34,35)(H4,23,24,25);1H3,(H,3,4). The van der Waals surface area contributed by atoms with Crippen LogP contribution in [0.5, 0.6) is 0 Å². The summed E-state index contributed by atoms with van der Waals surface area (Å²) in [6.45, 7) is 3.27. The third-order valence-electron chi connectivity index (χ3n) is 6.08. The van der Waals surface area contributed by atoms with Crippen LogP contribution in [0.15, 0.2) is 4.99 Å². The van der Waals surface area contributed by atoms with E-state index in [0.717, 1.165) is 6.92 Å². The molecule has 4 atom stereocenters. The topological polar surface area (TPSA) is 264 Å². The minimum absolute atomic E-state index is 0.103. The van der Waals surface area contributed by atoms with Crippen LogP contribution in [-0.4, -0.2) is 112 Å². The Balaban J connectivity index is 0.00000177. The Morgan fingerprint density at radius 2 is 1.51 bits per heavy atom. The third-order valence-corrected chi connectivity index (χ3v) is 6.08. The van der Waals surface area contributed by atoms with Crippen LogP contribution in [0, 0.1) is 0 Å². The Hall–Kier alpha value is -3.95. The van der Waals surface area contributed by atoms with Gasteiger partial charge in [-0.2, -0.15) is 0 Å². The Morgan fingerprint density at radius 1 is 0.974 bits per heavy atom. The van der Waals surface area contributed by atoms with Gasteiger partial charge in [-0.25, -0.2) is 4.79 Å². The van der Waals surface area contributed by atoms with Crippen LogP contribution in [-0.2, 0) is 28.8 Å². The minimum atomic E-state index is -1.20. The maximum atomic E-state index is 12.8. The van der Waals surface area contributed by atoms with Gasteiger partial charge in [0, 0.05) is 26.6 Å². The van der Waals surface area contributed by atoms with Crippen molar-refractivity contribution in [2.45, 2.75) is 76.5 Å². The second-order valence-corrected chi connectivity index (χ2v) is 9.31. The second kappa shape index (κ2) is 16.1. The van der Waals surface area contributed by atoms with E-state index in [2.05, 4.69) is 15.6 Å². The van der Waals surface area contributed by atoms with Crippen LogP contribution in [0.2, 0.25) is 0 Å². The number of hydrogen-bond acceptors (Lipinski definition) is 8. The molecule has 10 N–H and O–H groups in total. The van der Waals surface area contributed by atoms with Gasteiger partial charge in [0.1, 0.15) is 18.1 Å². The fourth-order valence-electron chi connectivity index (χ4n) is 4.31. The van der Waals surface area contributed by atoms with Crippen molar-refractivity contribution in [3.63, 3.8) is 0 Å². The average molecular weight is 557 g/mol. The molecular weight excluding hydrogens is 516 g/mol. The zero-order chi connectivity index (χ0) is 29.7. The number of nitrogens with two attached hydrogens (primary N) is 3. The van der Waals surface area contributed by atoms with E-state index in [4.69, 9.17) is 27.1 Å². The van der Waals surface area contributed by atoms with Crippen LogP contribution >= 0.6 is 0 Å². The zero-order valence-corrected chi connectivity index (χ0v) is 22.3. The van der Waals surface area contributed by atoms with Gasteiger partial charge >= 0.3 is 5.97 Å². The smallest absolute Gasteiger partial charge is 0.326 e. The molecule has 2 rings (SSSR count). The first kappa shape index (κ1) is 33.1. The number of aliphatic carboxylic acids is 2. The highest BCUT2D eigenvalue weighted by Gasteiger charge is 2.38. The van der Waals surface area contributed by atoms with Crippen molar-refractivity contribution in [3.05, 3.63) is 0 Å². The van der Waals surface area contributed by atoms with E-state index in [1.165, 1.54) is 9.80 Å². The lowest BCUT2D eigenvalue weighted by Gasteiger charge is -2.27. The third kappa shape index (κ3) is 11.1. The molecule has 2 heterocycles. The number of hydrogen-bond donors (Lipinski definition) is 7. The predicted molar refractivity (Wildman–Crippen MR) is 139 cm³/mol. The number of carboxylic acids is 2. The highest BCUT2D eigenvalue weighted by atomic mass is 16.4. The van der Waals surface area contributed by atoms with Gasteiger partial charge in [-0.1, -0.05) is 0 Å². The van der Waals surface area contributed by atoms with Crippen molar-refractivity contribution in [3.8, 4) is 0 Å². The predicted octanol–water partition coefficient (Wildman–Crippen LogP) is -2.85. The molecule has 220 valence electrons. The van der Waals surface area contributed by atoms with E-state index in [1.807, 2.05) is 0 Å². The maximum Gasteiger partial charge on any atom is 0.326 e. The Bertz CT molecular complexity index is 933. The Morgan fingerprint density at radius 3 is 2.03 bits per heavy atom. The van der Waals surface area contributed by atoms with Crippen molar-refractivity contribution < 1.29 is 39.0 Å². The van der Waals surface area contributed by atoms with Gasteiger partial charge in [-0.3, -0.25) is 29.0 Å². The van der Waals surface area contributed by atoms with Crippen LogP contribution in [0.25, 0.3) is 0 Å². The molecule has 4 unspecified atom stereocenters. The molecule has 0 aromatic heterocycles. The van der Waals surface area contributed by atoms with E-state index in [-0.39, 0.29) is 31.4 Å². The first-order valence-electron chi connectivity index (χ1n) is 12.7. The Kier molecular flexibility index (Phi) is 13.7.